The molecule has 0 spiro atoms. The molecule has 0 aliphatic heterocycles. The normalized spacial score (nSPS) is 28.9. The van der Waals surface area contributed by atoms with Gasteiger partial charge in [-0.2, -0.15) is 13.1 Å². The van der Waals surface area contributed by atoms with Crippen molar-refractivity contribution in [1.29, 1.82) is 0 Å². The second kappa shape index (κ2) is 17.1. The summed E-state index contributed by atoms with van der Waals surface area (Å²) in [7, 11) is 9.78. The zero-order chi connectivity index (χ0) is 19.0. The van der Waals surface area contributed by atoms with Crippen molar-refractivity contribution in [2.24, 2.45) is 11.8 Å². The standard InChI is InChI=1S/C21H40N2.2ClH.Ti/c1-3-10-18-12-5-7-14-20(18)22-16-9-17-23-21-15-8-6-13-19(21)11-4-2;;;/h18-21H,3-17H2,1-2H3;2*1H;/q-2;;;+2/p-2. The maximum absolute atomic E-state index is 5.06. The SMILES string of the molecule is CCCC1CCCCC1[N-]CCC[N-]C1CCCCC1CCC.[Cl][Ti][Cl]. The van der Waals surface area contributed by atoms with Crippen molar-refractivity contribution in [3.63, 3.8) is 0 Å². The van der Waals surface area contributed by atoms with Gasteiger partial charge in [0.2, 0.25) is 0 Å². The van der Waals surface area contributed by atoms with Gasteiger partial charge >= 0.3 is 35.6 Å². The predicted octanol–water partition coefficient (Wildman–Crippen LogP) is 8.22. The van der Waals surface area contributed by atoms with Crippen molar-refractivity contribution in [3.8, 4) is 0 Å². The molecule has 0 heterocycles. The molecule has 2 saturated carbocycles. The Balaban J connectivity index is 0.00000105. The van der Waals surface area contributed by atoms with E-state index in [4.69, 9.17) is 29.2 Å². The van der Waals surface area contributed by atoms with E-state index in [1.807, 2.05) is 0 Å². The second-order valence-corrected chi connectivity index (χ2v) is 10.6. The Morgan fingerprint density at radius 2 is 1.12 bits per heavy atom. The van der Waals surface area contributed by atoms with Gasteiger partial charge in [-0.3, -0.25) is 0 Å². The van der Waals surface area contributed by atoms with Crippen molar-refractivity contribution in [1.82, 2.24) is 0 Å². The molecule has 2 rings (SSSR count). The van der Waals surface area contributed by atoms with Gasteiger partial charge in [0.25, 0.3) is 0 Å². The van der Waals surface area contributed by atoms with Crippen LogP contribution in [0.25, 0.3) is 10.6 Å². The summed E-state index contributed by atoms with van der Waals surface area (Å²) in [6, 6.07) is 1.34. The van der Waals surface area contributed by atoms with Gasteiger partial charge in [-0.05, 0) is 0 Å². The topological polar surface area (TPSA) is 28.2 Å². The summed E-state index contributed by atoms with van der Waals surface area (Å²) in [6.45, 7) is 6.75. The number of halogens is 2. The van der Waals surface area contributed by atoms with Crippen LogP contribution in [0.2, 0.25) is 0 Å². The van der Waals surface area contributed by atoms with Crippen molar-refractivity contribution in [2.75, 3.05) is 13.1 Å². The van der Waals surface area contributed by atoms with Crippen LogP contribution in [-0.4, -0.2) is 25.2 Å². The molecule has 2 nitrogen and oxygen atoms in total. The Morgan fingerprint density at radius 3 is 1.50 bits per heavy atom. The van der Waals surface area contributed by atoms with E-state index in [1.54, 1.807) is 0 Å². The molecule has 0 aromatic carbocycles. The Hall–Kier alpha value is 1.21. The van der Waals surface area contributed by atoms with Gasteiger partial charge in [0, 0.05) is 0 Å². The van der Waals surface area contributed by atoms with Crippen LogP contribution >= 0.6 is 18.6 Å². The number of hydrogen-bond donors (Lipinski definition) is 0. The van der Waals surface area contributed by atoms with Crippen LogP contribution in [0, 0.1) is 11.8 Å². The monoisotopic (exact) mass is 438 g/mol. The van der Waals surface area contributed by atoms with E-state index in [0.29, 0.717) is 12.1 Å². The molecule has 2 fully saturated rings. The van der Waals surface area contributed by atoms with E-state index in [2.05, 4.69) is 13.8 Å². The fourth-order valence-corrected chi connectivity index (χ4v) is 4.86. The molecule has 0 bridgehead atoms. The maximum atomic E-state index is 5.06. The fourth-order valence-electron chi connectivity index (χ4n) is 4.86. The molecule has 26 heavy (non-hydrogen) atoms. The molecule has 0 radical (unpaired) electrons. The zero-order valence-corrected chi connectivity index (χ0v) is 20.1. The summed E-state index contributed by atoms with van der Waals surface area (Å²) in [4.78, 5) is 0. The van der Waals surface area contributed by atoms with Crippen molar-refractivity contribution < 1.29 is 17.0 Å². The van der Waals surface area contributed by atoms with Crippen molar-refractivity contribution in [2.45, 2.75) is 109 Å². The Morgan fingerprint density at radius 1 is 0.731 bits per heavy atom. The van der Waals surface area contributed by atoms with E-state index in [0.717, 1.165) is 24.9 Å². The second-order valence-electron chi connectivity index (χ2n) is 8.04. The summed E-state index contributed by atoms with van der Waals surface area (Å²) in [5.41, 5.74) is 0. The summed E-state index contributed by atoms with van der Waals surface area (Å²) >= 11 is -0.556. The third-order valence-corrected chi connectivity index (χ3v) is 6.10. The molecule has 0 amide bonds. The first-order valence-electron chi connectivity index (χ1n) is 11.1. The van der Waals surface area contributed by atoms with Gasteiger partial charge < -0.3 is 10.6 Å². The van der Waals surface area contributed by atoms with Gasteiger partial charge in [-0.15, -0.1) is 12.1 Å². The Labute approximate surface area is 180 Å². The van der Waals surface area contributed by atoms with Crippen LogP contribution < -0.4 is 0 Å². The average Bonchev–Trinajstić information content (AvgIpc) is 2.65. The number of hydrogen-bond acceptors (Lipinski definition) is 0. The molecule has 5 heteroatoms. The first-order chi connectivity index (χ1) is 12.8. The third-order valence-electron chi connectivity index (χ3n) is 6.10. The molecule has 2 aliphatic rings. The molecule has 0 saturated heterocycles. The third kappa shape index (κ3) is 10.7. The average molecular weight is 439 g/mol. The molecule has 0 N–H and O–H groups in total. The van der Waals surface area contributed by atoms with Crippen LogP contribution in [0.1, 0.15) is 97.3 Å². The first kappa shape index (κ1) is 25.3. The molecule has 4 atom stereocenters. The molecule has 154 valence electrons. The molecule has 0 aromatic rings. The van der Waals surface area contributed by atoms with Gasteiger partial charge in [-0.1, -0.05) is 109 Å². The first-order valence-corrected chi connectivity index (χ1v) is 15.4. The zero-order valence-electron chi connectivity index (χ0n) is 17.1. The summed E-state index contributed by atoms with van der Waals surface area (Å²) < 4.78 is 0. The van der Waals surface area contributed by atoms with E-state index in [-0.39, 0.29) is 0 Å². The van der Waals surface area contributed by atoms with E-state index in [1.165, 1.54) is 83.5 Å². The molecular formula is C21H40Cl2N2Ti-2. The summed E-state index contributed by atoms with van der Waals surface area (Å²) in [5, 5.41) is 10.1. The van der Waals surface area contributed by atoms with Crippen LogP contribution in [-0.2, 0) is 17.0 Å². The number of rotatable bonds is 10. The van der Waals surface area contributed by atoms with E-state index >= 15 is 0 Å². The summed E-state index contributed by atoms with van der Waals surface area (Å²) in [6.07, 6.45) is 17.8. The molecular weight excluding hydrogens is 399 g/mol. The van der Waals surface area contributed by atoms with Crippen LogP contribution in [0.15, 0.2) is 0 Å². The van der Waals surface area contributed by atoms with Gasteiger partial charge in [0.05, 0.1) is 0 Å². The van der Waals surface area contributed by atoms with Crippen molar-refractivity contribution in [3.05, 3.63) is 10.6 Å². The number of nitrogens with zero attached hydrogens (tertiary/aromatic N) is 2. The Kier molecular flexibility index (Phi) is 16.6. The van der Waals surface area contributed by atoms with Gasteiger partial charge in [0.1, 0.15) is 0 Å². The van der Waals surface area contributed by atoms with Crippen LogP contribution in [0.5, 0.6) is 0 Å². The minimum absolute atomic E-state index is 0.556. The fraction of sp³-hybridized carbons (Fsp3) is 1.00. The summed E-state index contributed by atoms with van der Waals surface area (Å²) in [5.74, 6) is 1.77. The van der Waals surface area contributed by atoms with Gasteiger partial charge in [-0.25, -0.2) is 0 Å². The van der Waals surface area contributed by atoms with E-state index < -0.39 is 17.0 Å². The van der Waals surface area contributed by atoms with E-state index in [9.17, 15) is 0 Å². The van der Waals surface area contributed by atoms with Gasteiger partial charge in [0.15, 0.2) is 0 Å². The molecule has 0 aromatic heterocycles. The predicted molar refractivity (Wildman–Crippen MR) is 114 cm³/mol. The molecule has 4 unspecified atom stereocenters. The van der Waals surface area contributed by atoms with Crippen LogP contribution in [0.4, 0.5) is 0 Å². The minimum atomic E-state index is -0.556. The Bertz CT molecular complexity index is 288. The molecule has 2 aliphatic carbocycles. The van der Waals surface area contributed by atoms with Crippen molar-refractivity contribution >= 4 is 18.6 Å². The quantitative estimate of drug-likeness (QED) is 0.242. The van der Waals surface area contributed by atoms with Crippen LogP contribution in [0.3, 0.4) is 0 Å².